The van der Waals surface area contributed by atoms with Gasteiger partial charge in [-0.1, -0.05) is 48.5 Å². The van der Waals surface area contributed by atoms with Crippen molar-refractivity contribution in [3.63, 3.8) is 0 Å². The topological polar surface area (TPSA) is 115 Å². The molecule has 1 heterocycles. The van der Waals surface area contributed by atoms with Gasteiger partial charge in [0.15, 0.2) is 9.84 Å². The minimum atomic E-state index is -3.63. The van der Waals surface area contributed by atoms with Crippen molar-refractivity contribution in [1.82, 2.24) is 0 Å². The fourth-order valence-corrected chi connectivity index (χ4v) is 5.73. The van der Waals surface area contributed by atoms with Gasteiger partial charge in [-0.2, -0.15) is 0 Å². The fourth-order valence-electron chi connectivity index (χ4n) is 3.84. The first-order chi connectivity index (χ1) is 14.4. The molecule has 0 spiro atoms. The van der Waals surface area contributed by atoms with Crippen LogP contribution in [0.5, 0.6) is 5.75 Å². The van der Waals surface area contributed by atoms with Crippen LogP contribution in [-0.4, -0.2) is 59.2 Å². The van der Waals surface area contributed by atoms with E-state index in [0.717, 1.165) is 11.1 Å². The number of hydrogen-bond donors (Lipinski definition) is 4. The van der Waals surface area contributed by atoms with Crippen LogP contribution in [0.15, 0.2) is 65.7 Å². The van der Waals surface area contributed by atoms with Crippen LogP contribution in [0.25, 0.3) is 11.6 Å². The molecule has 0 unspecified atom stereocenters. The van der Waals surface area contributed by atoms with Gasteiger partial charge >= 0.3 is 0 Å². The van der Waals surface area contributed by atoms with Crippen LogP contribution in [0.2, 0.25) is 0 Å². The van der Waals surface area contributed by atoms with E-state index in [4.69, 9.17) is 0 Å². The summed E-state index contributed by atoms with van der Waals surface area (Å²) in [5.41, 5.74) is 2.88. The lowest BCUT2D eigenvalue weighted by Gasteiger charge is -2.19. The van der Waals surface area contributed by atoms with Crippen LogP contribution < -0.4 is 0 Å². The molecule has 30 heavy (non-hydrogen) atoms. The van der Waals surface area contributed by atoms with E-state index >= 15 is 0 Å². The minimum absolute atomic E-state index is 0.138. The summed E-state index contributed by atoms with van der Waals surface area (Å²) in [5, 5.41) is 38.8. The van der Waals surface area contributed by atoms with Crippen LogP contribution in [0, 0.1) is 0 Å². The number of sulfone groups is 1. The predicted octanol–water partition coefficient (Wildman–Crippen LogP) is 2.15. The molecular weight excluding hydrogens is 404 g/mol. The molecule has 1 aliphatic rings. The molecule has 0 bridgehead atoms. The normalized spacial score (nSPS) is 19.8. The van der Waals surface area contributed by atoms with Crippen molar-refractivity contribution >= 4 is 21.5 Å². The van der Waals surface area contributed by atoms with Crippen LogP contribution in [0.3, 0.4) is 0 Å². The number of benzene rings is 2. The van der Waals surface area contributed by atoms with Gasteiger partial charge in [-0.3, -0.25) is 0 Å². The summed E-state index contributed by atoms with van der Waals surface area (Å²) < 4.78 is 24.5. The molecule has 0 aliphatic carbocycles. The Kier molecular flexibility index (Phi) is 7.10. The Hall–Kier alpha value is -2.45. The van der Waals surface area contributed by atoms with Crippen molar-refractivity contribution in [2.75, 3.05) is 19.0 Å². The lowest BCUT2D eigenvalue weighted by Crippen LogP contribution is -2.29. The highest BCUT2D eigenvalue weighted by molar-refractivity contribution is 7.92. The van der Waals surface area contributed by atoms with E-state index in [9.17, 15) is 28.8 Å². The number of allylic oxidation sites excluding steroid dienone is 1. The molecule has 0 saturated carbocycles. The summed E-state index contributed by atoms with van der Waals surface area (Å²) in [6.45, 7) is -1.10. The quantitative estimate of drug-likeness (QED) is 0.377. The summed E-state index contributed by atoms with van der Waals surface area (Å²) in [6, 6.07) is 16.4. The largest absolute Gasteiger partial charge is 0.507 e. The lowest BCUT2D eigenvalue weighted by atomic mass is 9.92. The Labute approximate surface area is 176 Å². The van der Waals surface area contributed by atoms with Crippen molar-refractivity contribution in [3.8, 4) is 5.75 Å². The number of aliphatic hydroxyl groups excluding tert-OH is 3. The molecule has 160 valence electrons. The molecule has 0 radical (unpaired) electrons. The third kappa shape index (κ3) is 4.82. The Balaban J connectivity index is 1.88. The third-order valence-electron chi connectivity index (χ3n) is 5.38. The molecule has 2 aromatic carbocycles. The molecule has 0 saturated heterocycles. The van der Waals surface area contributed by atoms with Gasteiger partial charge in [0.05, 0.1) is 25.1 Å². The number of hydrogen-bond acceptors (Lipinski definition) is 6. The monoisotopic (exact) mass is 430 g/mol. The number of aromatic hydroxyl groups is 1. The molecule has 2 atom stereocenters. The van der Waals surface area contributed by atoms with Crippen molar-refractivity contribution in [3.05, 3.63) is 76.9 Å². The number of phenolic OH excluding ortho intramolecular Hbond substituents is 1. The zero-order chi connectivity index (χ0) is 21.7. The number of phenols is 1. The molecule has 6 nitrogen and oxygen atoms in total. The zero-order valence-electron chi connectivity index (χ0n) is 16.5. The van der Waals surface area contributed by atoms with Gasteiger partial charge in [0.1, 0.15) is 11.0 Å². The van der Waals surface area contributed by atoms with E-state index in [2.05, 4.69) is 0 Å². The molecule has 0 amide bonds. The standard InChI is InChI=1S/C23H26O6S/c24-13-19-15-30(28,29)22(14-25)23(19)21(27)11-10-17(16-6-2-1-3-7-16)12-18-8-4-5-9-20(18)26/h1-9,12,21-22,24-27H,10-11,13-15H2/b17-12-/t21-,22+/m1/s1. The van der Waals surface area contributed by atoms with Crippen LogP contribution in [0.4, 0.5) is 0 Å². The van der Waals surface area contributed by atoms with Gasteiger partial charge in [-0.15, -0.1) is 0 Å². The smallest absolute Gasteiger partial charge is 0.163 e. The first-order valence-corrected chi connectivity index (χ1v) is 11.5. The maximum atomic E-state index is 12.3. The number of para-hydroxylation sites is 1. The van der Waals surface area contributed by atoms with E-state index < -0.39 is 34.4 Å². The Bertz CT molecular complexity index is 1040. The second-order valence-electron chi connectivity index (χ2n) is 7.34. The van der Waals surface area contributed by atoms with Crippen LogP contribution >= 0.6 is 0 Å². The van der Waals surface area contributed by atoms with E-state index in [1.807, 2.05) is 42.5 Å². The van der Waals surface area contributed by atoms with Gasteiger partial charge in [0.2, 0.25) is 0 Å². The summed E-state index contributed by atoms with van der Waals surface area (Å²) in [4.78, 5) is 0. The Morgan fingerprint density at radius 2 is 1.73 bits per heavy atom. The van der Waals surface area contributed by atoms with Crippen LogP contribution in [0.1, 0.15) is 24.0 Å². The summed E-state index contributed by atoms with van der Waals surface area (Å²) in [7, 11) is -3.63. The zero-order valence-corrected chi connectivity index (χ0v) is 17.3. The third-order valence-corrected chi connectivity index (χ3v) is 7.40. The summed E-state index contributed by atoms with van der Waals surface area (Å²) in [5.74, 6) is -0.209. The molecular formula is C23H26O6S. The molecule has 0 fully saturated rings. The number of aliphatic hydroxyl groups is 3. The highest BCUT2D eigenvalue weighted by Gasteiger charge is 2.40. The molecule has 1 aliphatic heterocycles. The predicted molar refractivity (Wildman–Crippen MR) is 116 cm³/mol. The molecule has 7 heteroatoms. The van der Waals surface area contributed by atoms with Gasteiger partial charge in [-0.25, -0.2) is 8.42 Å². The number of rotatable bonds is 8. The first kappa shape index (κ1) is 22.2. The van der Waals surface area contributed by atoms with Gasteiger partial charge in [0, 0.05) is 5.56 Å². The van der Waals surface area contributed by atoms with Gasteiger partial charge < -0.3 is 20.4 Å². The van der Waals surface area contributed by atoms with Crippen molar-refractivity contribution in [2.45, 2.75) is 24.2 Å². The van der Waals surface area contributed by atoms with Crippen molar-refractivity contribution < 1.29 is 28.8 Å². The van der Waals surface area contributed by atoms with Gasteiger partial charge in [-0.05, 0) is 47.3 Å². The Morgan fingerprint density at radius 1 is 1.07 bits per heavy atom. The van der Waals surface area contributed by atoms with E-state index in [1.165, 1.54) is 0 Å². The first-order valence-electron chi connectivity index (χ1n) is 9.74. The van der Waals surface area contributed by atoms with Crippen LogP contribution in [-0.2, 0) is 9.84 Å². The highest BCUT2D eigenvalue weighted by Crippen LogP contribution is 2.33. The summed E-state index contributed by atoms with van der Waals surface area (Å²) in [6.07, 6.45) is 1.34. The molecule has 4 N–H and O–H groups in total. The lowest BCUT2D eigenvalue weighted by molar-refractivity contribution is 0.188. The summed E-state index contributed by atoms with van der Waals surface area (Å²) >= 11 is 0. The maximum absolute atomic E-state index is 12.3. The van der Waals surface area contributed by atoms with Crippen molar-refractivity contribution in [2.24, 2.45) is 0 Å². The highest BCUT2D eigenvalue weighted by atomic mass is 32.2. The maximum Gasteiger partial charge on any atom is 0.163 e. The molecule has 3 rings (SSSR count). The Morgan fingerprint density at radius 3 is 2.37 bits per heavy atom. The molecule has 0 aromatic heterocycles. The second-order valence-corrected chi connectivity index (χ2v) is 9.53. The fraction of sp³-hybridized carbons (Fsp3) is 0.304. The second kappa shape index (κ2) is 9.57. The average molecular weight is 431 g/mol. The van der Waals surface area contributed by atoms with E-state index in [0.29, 0.717) is 12.0 Å². The SMILES string of the molecule is O=S1(=O)CC(CO)=C([C@H](O)CC/C(=C/c2ccccc2O)c2ccccc2)[C@@H]1CO. The van der Waals surface area contributed by atoms with E-state index in [-0.39, 0.29) is 29.1 Å². The van der Waals surface area contributed by atoms with Gasteiger partial charge in [0.25, 0.3) is 0 Å². The minimum Gasteiger partial charge on any atom is -0.507 e. The molecule has 2 aromatic rings. The average Bonchev–Trinajstić information content (AvgIpc) is 3.02. The van der Waals surface area contributed by atoms with Crippen molar-refractivity contribution in [1.29, 1.82) is 0 Å². The van der Waals surface area contributed by atoms with E-state index in [1.54, 1.807) is 18.2 Å².